The van der Waals surface area contributed by atoms with Crippen molar-refractivity contribution in [2.24, 2.45) is 5.73 Å². The molecule has 0 fully saturated rings. The molecule has 0 spiro atoms. The van der Waals surface area contributed by atoms with Crippen molar-refractivity contribution in [2.75, 3.05) is 6.16 Å². The highest BCUT2D eigenvalue weighted by molar-refractivity contribution is 7.51. The summed E-state index contributed by atoms with van der Waals surface area (Å²) in [4.78, 5) is 20.7. The molecule has 72 valence electrons. The van der Waals surface area contributed by atoms with Crippen LogP contribution in [0.25, 0.3) is 0 Å². The van der Waals surface area contributed by atoms with Crippen LogP contribution in [0.4, 0.5) is 0 Å². The van der Waals surface area contributed by atoms with Crippen LogP contribution < -0.4 is 5.73 Å². The van der Waals surface area contributed by atoms with Gasteiger partial charge in [-0.2, -0.15) is 0 Å². The third-order valence-electron chi connectivity index (χ3n) is 1.18. The van der Waals surface area contributed by atoms with Gasteiger partial charge in [0.2, 0.25) is 0 Å². The zero-order valence-corrected chi connectivity index (χ0v) is 7.28. The van der Waals surface area contributed by atoms with Crippen LogP contribution in [0, 0.1) is 0 Å². The van der Waals surface area contributed by atoms with Crippen molar-refractivity contribution < 1.29 is 24.5 Å². The molecule has 0 aromatic rings. The first-order chi connectivity index (χ1) is 5.49. The van der Waals surface area contributed by atoms with Crippen molar-refractivity contribution in [3.63, 3.8) is 0 Å². The molecule has 5 N–H and O–H groups in total. The molecule has 12 heavy (non-hydrogen) atoms. The van der Waals surface area contributed by atoms with Crippen LogP contribution in [0.5, 0.6) is 0 Å². The third kappa shape index (κ3) is 6.18. The van der Waals surface area contributed by atoms with E-state index in [2.05, 4.69) is 4.89 Å². The monoisotopic (exact) mass is 197 g/mol. The van der Waals surface area contributed by atoms with Crippen molar-refractivity contribution in [2.45, 2.75) is 12.8 Å². The van der Waals surface area contributed by atoms with Gasteiger partial charge in [0.25, 0.3) is 0 Å². The SMILES string of the molecule is N/C=C(/CCCP(=O)(O)O)OO. The maximum absolute atomic E-state index is 10.3. The summed E-state index contributed by atoms with van der Waals surface area (Å²) in [6.07, 6.45) is 1.22. The summed E-state index contributed by atoms with van der Waals surface area (Å²) in [6, 6.07) is 0. The van der Waals surface area contributed by atoms with Gasteiger partial charge in [0, 0.05) is 12.6 Å². The van der Waals surface area contributed by atoms with Gasteiger partial charge in [-0.25, -0.2) is 5.26 Å². The first-order valence-corrected chi connectivity index (χ1v) is 5.06. The lowest BCUT2D eigenvalue weighted by molar-refractivity contribution is -0.205. The molecule has 0 aliphatic rings. The minimum absolute atomic E-state index is 0.100. The van der Waals surface area contributed by atoms with E-state index >= 15 is 0 Å². The Labute approximate surface area is 69.7 Å². The Morgan fingerprint density at radius 3 is 2.50 bits per heavy atom. The molecule has 0 aliphatic carbocycles. The smallest absolute Gasteiger partial charge is 0.325 e. The summed E-state index contributed by atoms with van der Waals surface area (Å²) in [7, 11) is -3.95. The molecule has 0 saturated carbocycles. The Morgan fingerprint density at radius 1 is 1.58 bits per heavy atom. The molecule has 0 unspecified atom stereocenters. The molecule has 0 heterocycles. The summed E-state index contributed by atoms with van der Waals surface area (Å²) in [5, 5.41) is 8.11. The summed E-state index contributed by atoms with van der Waals surface area (Å²) in [6.45, 7) is 0. The van der Waals surface area contributed by atoms with Gasteiger partial charge in [0.15, 0.2) is 5.76 Å². The molecule has 0 saturated heterocycles. The normalized spacial score (nSPS) is 13.1. The fourth-order valence-electron chi connectivity index (χ4n) is 0.619. The number of nitrogens with two attached hydrogens (primary N) is 1. The van der Waals surface area contributed by atoms with E-state index in [4.69, 9.17) is 20.8 Å². The topological polar surface area (TPSA) is 113 Å². The van der Waals surface area contributed by atoms with Gasteiger partial charge in [-0.15, -0.1) is 0 Å². The average molecular weight is 197 g/mol. The van der Waals surface area contributed by atoms with E-state index in [-0.39, 0.29) is 24.8 Å². The Hall–Kier alpha value is -0.550. The van der Waals surface area contributed by atoms with E-state index in [0.29, 0.717) is 0 Å². The molecule has 7 heteroatoms. The molecule has 0 amide bonds. The van der Waals surface area contributed by atoms with Gasteiger partial charge >= 0.3 is 7.60 Å². The van der Waals surface area contributed by atoms with E-state index in [1.54, 1.807) is 0 Å². The van der Waals surface area contributed by atoms with Gasteiger partial charge in [0.1, 0.15) is 0 Å². The number of hydrogen-bond acceptors (Lipinski definition) is 4. The van der Waals surface area contributed by atoms with Crippen molar-refractivity contribution in [3.8, 4) is 0 Å². The fraction of sp³-hybridized carbons (Fsp3) is 0.600. The largest absolute Gasteiger partial charge is 0.402 e. The Kier molecular flexibility index (Phi) is 4.92. The van der Waals surface area contributed by atoms with Crippen molar-refractivity contribution in [1.82, 2.24) is 0 Å². The first-order valence-electron chi connectivity index (χ1n) is 3.26. The summed E-state index contributed by atoms with van der Waals surface area (Å²) in [5.74, 6) is 0.100. The first kappa shape index (κ1) is 11.4. The van der Waals surface area contributed by atoms with Crippen molar-refractivity contribution in [1.29, 1.82) is 0 Å². The van der Waals surface area contributed by atoms with Crippen LogP contribution in [-0.4, -0.2) is 21.2 Å². The third-order valence-corrected chi connectivity index (χ3v) is 2.07. The molecule has 0 rings (SSSR count). The van der Waals surface area contributed by atoms with Crippen molar-refractivity contribution >= 4 is 7.60 Å². The van der Waals surface area contributed by atoms with E-state index in [1.165, 1.54) is 0 Å². The van der Waals surface area contributed by atoms with Crippen LogP contribution in [0.3, 0.4) is 0 Å². The second-order valence-electron chi connectivity index (χ2n) is 2.22. The second-order valence-corrected chi connectivity index (χ2v) is 3.99. The fourth-order valence-corrected chi connectivity index (χ4v) is 1.19. The van der Waals surface area contributed by atoms with E-state index in [0.717, 1.165) is 6.20 Å². The predicted molar refractivity (Wildman–Crippen MR) is 42.1 cm³/mol. The lowest BCUT2D eigenvalue weighted by Gasteiger charge is -2.03. The molecule has 6 nitrogen and oxygen atoms in total. The number of hydrogen-bond donors (Lipinski definition) is 4. The van der Waals surface area contributed by atoms with Crippen LogP contribution in [0.2, 0.25) is 0 Å². The number of rotatable bonds is 5. The molecule has 0 atom stereocenters. The maximum Gasteiger partial charge on any atom is 0.325 e. The van der Waals surface area contributed by atoms with Gasteiger partial charge in [-0.1, -0.05) is 0 Å². The maximum atomic E-state index is 10.3. The van der Waals surface area contributed by atoms with E-state index in [1.807, 2.05) is 0 Å². The second kappa shape index (κ2) is 5.16. The molecule has 0 bridgehead atoms. The Morgan fingerprint density at radius 2 is 2.17 bits per heavy atom. The molecule has 0 aromatic carbocycles. The zero-order chi connectivity index (χ0) is 9.61. The highest BCUT2D eigenvalue weighted by atomic mass is 31.2. The quantitative estimate of drug-likeness (QED) is 0.217. The summed E-state index contributed by atoms with van der Waals surface area (Å²) < 4.78 is 10.3. The molecular formula is C5H12NO5P. The van der Waals surface area contributed by atoms with Crippen LogP contribution in [-0.2, 0) is 9.45 Å². The average Bonchev–Trinajstić information content (AvgIpc) is 1.96. The van der Waals surface area contributed by atoms with Crippen LogP contribution in [0.1, 0.15) is 12.8 Å². The van der Waals surface area contributed by atoms with Crippen LogP contribution >= 0.6 is 7.60 Å². The minimum atomic E-state index is -3.95. The Balaban J connectivity index is 3.63. The predicted octanol–water partition coefficient (Wildman–Crippen LogP) is 0.234. The standard InChI is InChI=1S/C5H12NO5P/c6-4-5(11-7)2-1-3-12(8,9)10/h4,7H,1-3,6H2,(H2,8,9,10)/b5-4-. The number of allylic oxidation sites excluding steroid dienone is 1. The van der Waals surface area contributed by atoms with E-state index < -0.39 is 7.60 Å². The van der Waals surface area contributed by atoms with Crippen LogP contribution in [0.15, 0.2) is 12.0 Å². The van der Waals surface area contributed by atoms with Gasteiger partial charge < -0.3 is 20.4 Å². The highest BCUT2D eigenvalue weighted by Crippen LogP contribution is 2.35. The Bertz CT molecular complexity index is 198. The van der Waals surface area contributed by atoms with Gasteiger partial charge in [0.05, 0.1) is 6.16 Å². The van der Waals surface area contributed by atoms with Gasteiger partial charge in [-0.3, -0.25) is 4.57 Å². The summed E-state index contributed by atoms with van der Waals surface area (Å²) >= 11 is 0. The molecule has 0 aromatic heterocycles. The zero-order valence-electron chi connectivity index (χ0n) is 6.38. The molecule has 0 aliphatic heterocycles. The molecular weight excluding hydrogens is 185 g/mol. The molecule has 0 radical (unpaired) electrons. The lowest BCUT2D eigenvalue weighted by Crippen LogP contribution is -1.95. The van der Waals surface area contributed by atoms with E-state index in [9.17, 15) is 4.57 Å². The van der Waals surface area contributed by atoms with Crippen molar-refractivity contribution in [3.05, 3.63) is 12.0 Å². The van der Waals surface area contributed by atoms with Gasteiger partial charge in [-0.05, 0) is 6.42 Å². The summed E-state index contributed by atoms with van der Waals surface area (Å²) in [5.41, 5.74) is 4.99. The minimum Gasteiger partial charge on any atom is -0.402 e. The highest BCUT2D eigenvalue weighted by Gasteiger charge is 2.12. The lowest BCUT2D eigenvalue weighted by atomic mass is 10.3.